The number of unbranched alkanes of at least 4 members (excludes halogenated alkanes) is 1. The summed E-state index contributed by atoms with van der Waals surface area (Å²) in [6.45, 7) is 2.61. The molecule has 0 radical (unpaired) electrons. The van der Waals surface area contributed by atoms with Gasteiger partial charge in [-0.05, 0) is 47.8 Å². The minimum Gasteiger partial charge on any atom is -0.396 e. The fourth-order valence-corrected chi connectivity index (χ4v) is 2.72. The van der Waals surface area contributed by atoms with Gasteiger partial charge < -0.3 is 10.4 Å². The van der Waals surface area contributed by atoms with Gasteiger partial charge in [0.05, 0.1) is 0 Å². The second kappa shape index (κ2) is 9.77. The number of halogens is 1. The molecule has 0 bridgehead atoms. The lowest BCUT2D eigenvalue weighted by Gasteiger charge is -2.17. The van der Waals surface area contributed by atoms with Crippen molar-refractivity contribution in [3.05, 3.63) is 64.3 Å². The van der Waals surface area contributed by atoms with Crippen LogP contribution in [0.3, 0.4) is 0 Å². The first-order chi connectivity index (χ1) is 12.6. The Hall–Kier alpha value is -2.60. The molecule has 5 nitrogen and oxygen atoms in total. The van der Waals surface area contributed by atoms with E-state index >= 15 is 0 Å². The van der Waals surface area contributed by atoms with Crippen molar-refractivity contribution in [1.29, 1.82) is 0 Å². The number of nitroso groups, excluding NO2 is 1. The zero-order valence-corrected chi connectivity index (χ0v) is 14.7. The number of carbonyl (C=O) groups is 1. The van der Waals surface area contributed by atoms with Crippen LogP contribution in [0.5, 0.6) is 0 Å². The van der Waals surface area contributed by atoms with Gasteiger partial charge in [0.25, 0.3) is 0 Å². The third kappa shape index (κ3) is 5.20. The van der Waals surface area contributed by atoms with Crippen LogP contribution in [-0.2, 0) is 0 Å². The van der Waals surface area contributed by atoms with E-state index in [0.717, 1.165) is 19.3 Å². The molecule has 0 fully saturated rings. The van der Waals surface area contributed by atoms with E-state index in [1.807, 2.05) is 0 Å². The van der Waals surface area contributed by atoms with Crippen molar-refractivity contribution in [2.24, 2.45) is 11.1 Å². The highest BCUT2D eigenvalue weighted by Crippen LogP contribution is 2.24. The van der Waals surface area contributed by atoms with Crippen molar-refractivity contribution >= 4 is 17.2 Å². The van der Waals surface area contributed by atoms with E-state index in [0.29, 0.717) is 12.2 Å². The zero-order chi connectivity index (χ0) is 18.9. The van der Waals surface area contributed by atoms with Crippen LogP contribution in [0.15, 0.2) is 47.6 Å². The molecule has 0 aromatic heterocycles. The summed E-state index contributed by atoms with van der Waals surface area (Å²) in [6.07, 6.45) is 2.92. The zero-order valence-electron chi connectivity index (χ0n) is 14.7. The summed E-state index contributed by atoms with van der Waals surface area (Å²) in [6, 6.07) is 9.95. The van der Waals surface area contributed by atoms with E-state index in [9.17, 15) is 19.2 Å². The first-order valence-electron chi connectivity index (χ1n) is 8.71. The molecule has 6 heteroatoms. The molecule has 2 aromatic carbocycles. The fraction of sp³-hybridized carbons (Fsp3) is 0.350. The lowest BCUT2D eigenvalue weighted by atomic mass is 9.99. The topological polar surface area (TPSA) is 78.8 Å². The Bertz CT molecular complexity index is 764. The molecule has 0 spiro atoms. The molecule has 1 atom stereocenters. The fourth-order valence-electron chi connectivity index (χ4n) is 2.72. The maximum Gasteiger partial charge on any atom is 0.195 e. The lowest BCUT2D eigenvalue weighted by Crippen LogP contribution is -2.19. The molecule has 0 saturated carbocycles. The lowest BCUT2D eigenvalue weighted by molar-refractivity contribution is 0.103. The molecule has 2 N–H and O–H groups in total. The third-order valence-electron chi connectivity index (χ3n) is 4.25. The van der Waals surface area contributed by atoms with Crippen molar-refractivity contribution in [2.75, 3.05) is 18.5 Å². The van der Waals surface area contributed by atoms with E-state index in [1.165, 1.54) is 30.3 Å². The number of rotatable bonds is 10. The average Bonchev–Trinajstić information content (AvgIpc) is 2.68. The summed E-state index contributed by atoms with van der Waals surface area (Å²) in [5.41, 5.74) is 1.08. The van der Waals surface area contributed by atoms with Gasteiger partial charge in [-0.15, -0.1) is 4.91 Å². The summed E-state index contributed by atoms with van der Waals surface area (Å²) < 4.78 is 13.7. The van der Waals surface area contributed by atoms with Crippen molar-refractivity contribution < 1.29 is 14.3 Å². The Morgan fingerprint density at radius 1 is 1.27 bits per heavy atom. The Labute approximate surface area is 152 Å². The minimum absolute atomic E-state index is 0.0462. The van der Waals surface area contributed by atoms with Crippen molar-refractivity contribution in [2.45, 2.75) is 26.2 Å². The van der Waals surface area contributed by atoms with Gasteiger partial charge in [-0.2, -0.15) is 0 Å². The van der Waals surface area contributed by atoms with Gasteiger partial charge >= 0.3 is 0 Å². The number of hydrogen-bond acceptors (Lipinski definition) is 5. The molecule has 0 saturated heterocycles. The highest BCUT2D eigenvalue weighted by Gasteiger charge is 2.16. The van der Waals surface area contributed by atoms with Gasteiger partial charge in [-0.3, -0.25) is 4.79 Å². The van der Waals surface area contributed by atoms with Crippen LogP contribution in [0.1, 0.15) is 42.1 Å². The Balaban J connectivity index is 2.23. The first kappa shape index (κ1) is 19.7. The number of nitrogens with zero attached hydrogens (tertiary/aromatic N) is 1. The van der Waals surface area contributed by atoms with Gasteiger partial charge in [-0.25, -0.2) is 4.39 Å². The largest absolute Gasteiger partial charge is 0.396 e. The first-order valence-corrected chi connectivity index (χ1v) is 8.71. The third-order valence-corrected chi connectivity index (χ3v) is 4.25. The number of nitrogens with one attached hydrogen (secondary N) is 1. The Kier molecular flexibility index (Phi) is 7.41. The Morgan fingerprint density at radius 2 is 2.08 bits per heavy atom. The van der Waals surface area contributed by atoms with Crippen LogP contribution >= 0.6 is 0 Å². The summed E-state index contributed by atoms with van der Waals surface area (Å²) in [5, 5.41) is 15.5. The summed E-state index contributed by atoms with van der Waals surface area (Å²) in [4.78, 5) is 23.5. The minimum atomic E-state index is -0.520. The molecular formula is C20H23FN2O3. The second-order valence-corrected chi connectivity index (χ2v) is 6.23. The predicted molar refractivity (Wildman–Crippen MR) is 100 cm³/mol. The smallest absolute Gasteiger partial charge is 0.195 e. The average molecular weight is 358 g/mol. The van der Waals surface area contributed by atoms with Crippen LogP contribution in [-0.4, -0.2) is 24.0 Å². The van der Waals surface area contributed by atoms with Gasteiger partial charge in [-0.1, -0.05) is 31.9 Å². The number of benzene rings is 2. The summed E-state index contributed by atoms with van der Waals surface area (Å²) in [7, 11) is 0. The summed E-state index contributed by atoms with van der Waals surface area (Å²) in [5.74, 6) is -0.856. The van der Waals surface area contributed by atoms with Gasteiger partial charge in [0, 0.05) is 30.0 Å². The molecule has 26 heavy (non-hydrogen) atoms. The molecule has 0 aliphatic carbocycles. The van der Waals surface area contributed by atoms with Crippen LogP contribution in [0.2, 0.25) is 0 Å². The van der Waals surface area contributed by atoms with E-state index in [2.05, 4.69) is 17.4 Å². The maximum atomic E-state index is 13.7. The van der Waals surface area contributed by atoms with Crippen LogP contribution in [0.4, 0.5) is 15.8 Å². The molecule has 0 heterocycles. The SMILES string of the molecule is CCCC[C@@H](CO)CNc1ccc(F)cc1C(=O)c1cccc(N=O)c1. The molecule has 0 amide bonds. The van der Waals surface area contributed by atoms with Gasteiger partial charge in [0.1, 0.15) is 11.5 Å². The van der Waals surface area contributed by atoms with Crippen molar-refractivity contribution in [3.63, 3.8) is 0 Å². The normalized spacial score (nSPS) is 11.8. The standard InChI is InChI=1S/C20H23FN2O3/c1-2-3-5-14(13-24)12-22-19-9-8-16(21)11-18(19)20(25)15-6-4-7-17(10-15)23-26/h4,6-11,14,22,24H,2-3,5,12-13H2,1H3/t14-/m1/s1. The summed E-state index contributed by atoms with van der Waals surface area (Å²) >= 11 is 0. The van der Waals surface area contributed by atoms with Gasteiger partial charge in [0.2, 0.25) is 0 Å². The highest BCUT2D eigenvalue weighted by atomic mass is 19.1. The number of hydrogen-bond donors (Lipinski definition) is 2. The maximum absolute atomic E-state index is 13.7. The molecule has 2 rings (SSSR count). The van der Waals surface area contributed by atoms with E-state index in [1.54, 1.807) is 12.1 Å². The van der Waals surface area contributed by atoms with E-state index in [-0.39, 0.29) is 29.3 Å². The molecule has 0 aliphatic heterocycles. The number of anilines is 1. The van der Waals surface area contributed by atoms with Gasteiger partial charge in [0.15, 0.2) is 5.78 Å². The van der Waals surface area contributed by atoms with Crippen LogP contribution < -0.4 is 5.32 Å². The Morgan fingerprint density at radius 3 is 2.77 bits per heavy atom. The number of aliphatic hydroxyl groups is 1. The van der Waals surface area contributed by atoms with E-state index in [4.69, 9.17) is 0 Å². The predicted octanol–water partition coefficient (Wildman–Crippen LogP) is 4.67. The van der Waals surface area contributed by atoms with Crippen molar-refractivity contribution in [1.82, 2.24) is 0 Å². The number of carbonyl (C=O) groups excluding carboxylic acids is 1. The monoisotopic (exact) mass is 358 g/mol. The number of aliphatic hydroxyl groups excluding tert-OH is 1. The number of ketones is 1. The molecular weight excluding hydrogens is 335 g/mol. The molecule has 0 unspecified atom stereocenters. The van der Waals surface area contributed by atoms with Crippen LogP contribution in [0.25, 0.3) is 0 Å². The highest BCUT2D eigenvalue weighted by molar-refractivity contribution is 6.12. The van der Waals surface area contributed by atoms with Crippen LogP contribution in [0, 0.1) is 16.6 Å². The molecule has 138 valence electrons. The molecule has 2 aromatic rings. The van der Waals surface area contributed by atoms with Crippen molar-refractivity contribution in [3.8, 4) is 0 Å². The quantitative estimate of drug-likeness (QED) is 0.478. The second-order valence-electron chi connectivity index (χ2n) is 6.23. The van der Waals surface area contributed by atoms with E-state index < -0.39 is 11.6 Å². The molecule has 0 aliphatic rings.